The van der Waals surface area contributed by atoms with Crippen LogP contribution >= 0.6 is 11.6 Å². The van der Waals surface area contributed by atoms with Crippen LogP contribution in [-0.4, -0.2) is 35.6 Å². The van der Waals surface area contributed by atoms with Crippen LogP contribution in [0.5, 0.6) is 0 Å². The minimum atomic E-state index is -0.459. The van der Waals surface area contributed by atoms with E-state index in [1.807, 2.05) is 46.8 Å². The number of likely N-dealkylation sites (tertiary alicyclic amines) is 1. The van der Waals surface area contributed by atoms with Crippen LogP contribution in [0.2, 0.25) is 5.02 Å². The highest BCUT2D eigenvalue weighted by atomic mass is 35.5. The first-order valence-corrected chi connectivity index (χ1v) is 10.5. The number of carbonyl (C=O) groups excluding carboxylic acids is 2. The van der Waals surface area contributed by atoms with Gasteiger partial charge in [-0.15, -0.1) is 0 Å². The minimum Gasteiger partial charge on any atom is -0.444 e. The molecule has 1 aliphatic heterocycles. The predicted molar refractivity (Wildman–Crippen MR) is 114 cm³/mol. The van der Waals surface area contributed by atoms with Crippen molar-refractivity contribution in [2.45, 2.75) is 65.9 Å². The molecule has 1 aliphatic rings. The molecule has 1 N–H and O–H groups in total. The van der Waals surface area contributed by atoms with E-state index in [2.05, 4.69) is 5.32 Å². The molecule has 2 rings (SSSR count). The molecule has 0 aromatic heterocycles. The third-order valence-electron chi connectivity index (χ3n) is 5.15. The highest BCUT2D eigenvalue weighted by Gasteiger charge is 2.27. The van der Waals surface area contributed by atoms with Crippen molar-refractivity contribution in [1.82, 2.24) is 4.90 Å². The maximum absolute atomic E-state index is 12.4. The monoisotopic (exact) mass is 408 g/mol. The van der Waals surface area contributed by atoms with Gasteiger partial charge in [0, 0.05) is 29.7 Å². The molecule has 28 heavy (non-hydrogen) atoms. The Kier molecular flexibility index (Phi) is 7.76. The second-order valence-corrected chi connectivity index (χ2v) is 9.25. The third kappa shape index (κ3) is 7.01. The highest BCUT2D eigenvalue weighted by molar-refractivity contribution is 6.31. The third-order valence-corrected chi connectivity index (χ3v) is 5.57. The van der Waals surface area contributed by atoms with Crippen LogP contribution in [-0.2, 0) is 9.53 Å². The van der Waals surface area contributed by atoms with Gasteiger partial charge in [0.2, 0.25) is 5.91 Å². The molecule has 156 valence electrons. The number of amides is 2. The molecule has 5 nitrogen and oxygen atoms in total. The average molecular weight is 409 g/mol. The zero-order valence-electron chi connectivity index (χ0n) is 17.7. The number of hydrogen-bond acceptors (Lipinski definition) is 3. The number of benzene rings is 1. The maximum atomic E-state index is 12.4. The number of anilines is 1. The summed E-state index contributed by atoms with van der Waals surface area (Å²) in [5.74, 6) is 0.527. The summed E-state index contributed by atoms with van der Waals surface area (Å²) in [6, 6.07) is 5.52. The van der Waals surface area contributed by atoms with Gasteiger partial charge < -0.3 is 15.0 Å². The second kappa shape index (κ2) is 9.64. The summed E-state index contributed by atoms with van der Waals surface area (Å²) in [5, 5.41) is 3.67. The van der Waals surface area contributed by atoms with E-state index in [0.29, 0.717) is 10.9 Å². The van der Waals surface area contributed by atoms with Crippen molar-refractivity contribution in [2.24, 2.45) is 11.8 Å². The number of carbonyl (C=O) groups is 2. The molecule has 1 saturated heterocycles. The van der Waals surface area contributed by atoms with Gasteiger partial charge >= 0.3 is 6.09 Å². The van der Waals surface area contributed by atoms with E-state index in [9.17, 15) is 9.59 Å². The minimum absolute atomic E-state index is 0.0351. The maximum Gasteiger partial charge on any atom is 0.410 e. The topological polar surface area (TPSA) is 58.6 Å². The summed E-state index contributed by atoms with van der Waals surface area (Å²) >= 11 is 6.03. The van der Waals surface area contributed by atoms with Crippen LogP contribution in [0.15, 0.2) is 18.2 Å². The molecule has 6 heteroatoms. The Morgan fingerprint density at radius 3 is 2.50 bits per heavy atom. The first kappa shape index (κ1) is 22.5. The molecule has 1 heterocycles. The Hall–Kier alpha value is -1.75. The van der Waals surface area contributed by atoms with Gasteiger partial charge in [-0.3, -0.25) is 4.79 Å². The molecule has 1 fully saturated rings. The Labute approximate surface area is 173 Å². The van der Waals surface area contributed by atoms with Gasteiger partial charge in [0.05, 0.1) is 0 Å². The van der Waals surface area contributed by atoms with Crippen LogP contribution in [0.25, 0.3) is 0 Å². The van der Waals surface area contributed by atoms with E-state index in [4.69, 9.17) is 16.3 Å². The number of ether oxygens (including phenoxy) is 1. The zero-order chi connectivity index (χ0) is 20.9. The van der Waals surface area contributed by atoms with E-state index in [-0.39, 0.29) is 17.9 Å². The van der Waals surface area contributed by atoms with E-state index in [1.54, 1.807) is 11.0 Å². The summed E-state index contributed by atoms with van der Waals surface area (Å²) in [5.41, 5.74) is 1.27. The lowest BCUT2D eigenvalue weighted by Crippen LogP contribution is -2.41. The van der Waals surface area contributed by atoms with Crippen molar-refractivity contribution in [1.29, 1.82) is 0 Å². The standard InChI is InChI=1S/C22H33ClN2O3/c1-15(20(26)24-18-8-9-19(23)16(2)14-18)6-7-17-10-12-25(13-11-17)21(27)28-22(3,4)5/h8-9,14-15,17H,6-7,10-13H2,1-5H3,(H,24,26)/t15-/m0/s1. The number of nitrogens with zero attached hydrogens (tertiary/aromatic N) is 1. The smallest absolute Gasteiger partial charge is 0.410 e. The van der Waals surface area contributed by atoms with Gasteiger partial charge in [-0.25, -0.2) is 4.79 Å². The average Bonchev–Trinajstić information content (AvgIpc) is 2.61. The molecule has 0 radical (unpaired) electrons. The summed E-state index contributed by atoms with van der Waals surface area (Å²) in [6.45, 7) is 11.0. The van der Waals surface area contributed by atoms with Gasteiger partial charge in [0.25, 0.3) is 0 Å². The van der Waals surface area contributed by atoms with Crippen molar-refractivity contribution in [2.75, 3.05) is 18.4 Å². The number of rotatable bonds is 5. The van der Waals surface area contributed by atoms with E-state index in [0.717, 1.165) is 50.0 Å². The van der Waals surface area contributed by atoms with Crippen LogP contribution in [0.3, 0.4) is 0 Å². The zero-order valence-corrected chi connectivity index (χ0v) is 18.4. The van der Waals surface area contributed by atoms with Gasteiger partial charge in [-0.2, -0.15) is 0 Å². The highest BCUT2D eigenvalue weighted by Crippen LogP contribution is 2.26. The first-order valence-electron chi connectivity index (χ1n) is 10.1. The molecular weight excluding hydrogens is 376 g/mol. The van der Waals surface area contributed by atoms with Crippen molar-refractivity contribution in [3.8, 4) is 0 Å². The van der Waals surface area contributed by atoms with Crippen LogP contribution in [0.4, 0.5) is 10.5 Å². The van der Waals surface area contributed by atoms with Crippen LogP contribution in [0, 0.1) is 18.8 Å². The Balaban J connectivity index is 1.73. The van der Waals surface area contributed by atoms with Crippen molar-refractivity contribution >= 4 is 29.3 Å². The Morgan fingerprint density at radius 2 is 1.93 bits per heavy atom. The lowest BCUT2D eigenvalue weighted by atomic mass is 9.89. The number of aryl methyl sites for hydroxylation is 1. The molecule has 0 unspecified atom stereocenters. The van der Waals surface area contributed by atoms with E-state index < -0.39 is 5.60 Å². The van der Waals surface area contributed by atoms with Gasteiger partial charge in [0.15, 0.2) is 0 Å². The SMILES string of the molecule is Cc1cc(NC(=O)[C@@H](C)CCC2CCN(C(=O)OC(C)(C)C)CC2)ccc1Cl. The molecule has 1 aromatic carbocycles. The fraction of sp³-hybridized carbons (Fsp3) is 0.636. The summed E-state index contributed by atoms with van der Waals surface area (Å²) in [6.07, 6.45) is 3.54. The summed E-state index contributed by atoms with van der Waals surface area (Å²) < 4.78 is 5.44. The molecular formula is C22H33ClN2O3. The number of halogens is 1. The number of piperidine rings is 1. The lowest BCUT2D eigenvalue weighted by molar-refractivity contribution is -0.119. The Bertz CT molecular complexity index is 692. The summed E-state index contributed by atoms with van der Waals surface area (Å²) in [7, 11) is 0. The number of hydrogen-bond donors (Lipinski definition) is 1. The predicted octanol–water partition coefficient (Wildman–Crippen LogP) is 5.65. The molecule has 0 spiro atoms. The van der Waals surface area contributed by atoms with E-state index in [1.165, 1.54) is 0 Å². The molecule has 0 saturated carbocycles. The van der Waals surface area contributed by atoms with Gasteiger partial charge in [0.1, 0.15) is 5.60 Å². The van der Waals surface area contributed by atoms with E-state index >= 15 is 0 Å². The van der Waals surface area contributed by atoms with Crippen molar-refractivity contribution < 1.29 is 14.3 Å². The molecule has 0 aliphatic carbocycles. The van der Waals surface area contributed by atoms with Crippen LogP contribution < -0.4 is 5.32 Å². The fourth-order valence-electron chi connectivity index (χ4n) is 3.34. The quantitative estimate of drug-likeness (QED) is 0.684. The van der Waals surface area contributed by atoms with Crippen LogP contribution in [0.1, 0.15) is 58.9 Å². The van der Waals surface area contributed by atoms with Crippen molar-refractivity contribution in [3.63, 3.8) is 0 Å². The fourth-order valence-corrected chi connectivity index (χ4v) is 3.45. The first-order chi connectivity index (χ1) is 13.0. The normalized spacial score (nSPS) is 16.6. The second-order valence-electron chi connectivity index (χ2n) is 8.84. The molecule has 0 bridgehead atoms. The Morgan fingerprint density at radius 1 is 1.29 bits per heavy atom. The largest absolute Gasteiger partial charge is 0.444 e. The van der Waals surface area contributed by atoms with Gasteiger partial charge in [-0.05, 0) is 83.1 Å². The van der Waals surface area contributed by atoms with Gasteiger partial charge in [-0.1, -0.05) is 18.5 Å². The molecule has 1 aromatic rings. The van der Waals surface area contributed by atoms with Crippen molar-refractivity contribution in [3.05, 3.63) is 28.8 Å². The number of nitrogens with one attached hydrogen (secondary N) is 1. The summed E-state index contributed by atoms with van der Waals surface area (Å²) in [4.78, 5) is 26.4. The molecule has 1 atom stereocenters. The molecule has 2 amide bonds. The lowest BCUT2D eigenvalue weighted by Gasteiger charge is -2.33.